The third-order valence-electron chi connectivity index (χ3n) is 5.66. The van der Waals surface area contributed by atoms with Crippen molar-refractivity contribution in [3.05, 3.63) is 64.7 Å². The van der Waals surface area contributed by atoms with Crippen molar-refractivity contribution in [3.8, 4) is 5.75 Å². The lowest BCUT2D eigenvalue weighted by atomic mass is 9.89. The summed E-state index contributed by atoms with van der Waals surface area (Å²) >= 11 is 0. The number of ether oxygens (including phenoxy) is 1. The molecule has 1 N–H and O–H groups in total. The number of hydrogen-bond donors (Lipinski definition) is 1. The zero-order valence-corrected chi connectivity index (χ0v) is 15.9. The number of benzene rings is 2. The number of halogens is 2. The molecule has 1 amide bonds. The Bertz CT molecular complexity index is 887. The summed E-state index contributed by atoms with van der Waals surface area (Å²) in [4.78, 5) is 14.2. The van der Waals surface area contributed by atoms with Crippen LogP contribution in [0.3, 0.4) is 0 Å². The van der Waals surface area contributed by atoms with E-state index in [9.17, 15) is 13.6 Å². The van der Waals surface area contributed by atoms with Gasteiger partial charge in [-0.1, -0.05) is 19.1 Å². The highest BCUT2D eigenvalue weighted by Gasteiger charge is 2.34. The number of nitrogens with one attached hydrogen (secondary N) is 1. The van der Waals surface area contributed by atoms with Gasteiger partial charge in [-0.25, -0.2) is 8.78 Å². The molecule has 1 fully saturated rings. The van der Waals surface area contributed by atoms with Gasteiger partial charge in [0.2, 0.25) is 0 Å². The van der Waals surface area contributed by atoms with Gasteiger partial charge in [-0.3, -0.25) is 4.79 Å². The number of carbonyl (C=O) groups is 1. The number of rotatable bonds is 6. The molecule has 0 aromatic heterocycles. The summed E-state index contributed by atoms with van der Waals surface area (Å²) < 4.78 is 33.1. The van der Waals surface area contributed by atoms with E-state index in [4.69, 9.17) is 4.74 Å². The van der Waals surface area contributed by atoms with Gasteiger partial charge < -0.3 is 15.0 Å². The van der Waals surface area contributed by atoms with Crippen LogP contribution >= 0.6 is 0 Å². The average Bonchev–Trinajstić information content (AvgIpc) is 3.26. The number of fused-ring (bicyclic) bond motifs is 1. The van der Waals surface area contributed by atoms with Crippen LogP contribution in [0.2, 0.25) is 0 Å². The molecule has 4 nitrogen and oxygen atoms in total. The molecular formula is C22H24F2N2O2. The van der Waals surface area contributed by atoms with Gasteiger partial charge in [-0.15, -0.1) is 0 Å². The molecule has 148 valence electrons. The first-order valence-electron chi connectivity index (χ1n) is 9.76. The summed E-state index contributed by atoms with van der Waals surface area (Å²) in [6.45, 7) is 5.77. The van der Waals surface area contributed by atoms with E-state index < -0.39 is 11.6 Å². The molecule has 2 aromatic carbocycles. The largest absolute Gasteiger partial charge is 0.493 e. The predicted octanol–water partition coefficient (Wildman–Crippen LogP) is 3.71. The van der Waals surface area contributed by atoms with E-state index in [1.54, 1.807) is 12.1 Å². The second-order valence-electron chi connectivity index (χ2n) is 7.61. The van der Waals surface area contributed by atoms with Crippen LogP contribution in [0.15, 0.2) is 36.4 Å². The smallest absolute Gasteiger partial charge is 0.252 e. The summed E-state index contributed by atoms with van der Waals surface area (Å²) in [6, 6.07) is 9.75. The van der Waals surface area contributed by atoms with Crippen LogP contribution in [0.4, 0.5) is 8.78 Å². The Morgan fingerprint density at radius 2 is 2.00 bits per heavy atom. The first-order chi connectivity index (χ1) is 13.5. The monoisotopic (exact) mass is 386 g/mol. The van der Waals surface area contributed by atoms with Crippen LogP contribution in [-0.4, -0.2) is 37.0 Å². The van der Waals surface area contributed by atoms with Crippen molar-refractivity contribution in [2.75, 3.05) is 26.2 Å². The van der Waals surface area contributed by atoms with Crippen molar-refractivity contribution in [3.63, 3.8) is 0 Å². The molecule has 2 heterocycles. The average molecular weight is 386 g/mol. The Kier molecular flexibility index (Phi) is 5.31. The number of likely N-dealkylation sites (tertiary alicyclic amines) is 1. The van der Waals surface area contributed by atoms with Gasteiger partial charge in [0.25, 0.3) is 5.91 Å². The second kappa shape index (κ2) is 7.87. The molecule has 2 atom stereocenters. The number of carbonyl (C=O) groups excluding carboxylic acids is 1. The van der Waals surface area contributed by atoms with Gasteiger partial charge >= 0.3 is 0 Å². The molecule has 0 bridgehead atoms. The zero-order valence-electron chi connectivity index (χ0n) is 15.9. The van der Waals surface area contributed by atoms with Crippen molar-refractivity contribution in [1.82, 2.24) is 10.2 Å². The summed E-state index contributed by atoms with van der Waals surface area (Å²) in [6.07, 6.45) is 1.04. The second-order valence-corrected chi connectivity index (χ2v) is 7.61. The van der Waals surface area contributed by atoms with E-state index in [1.165, 1.54) is 12.1 Å². The van der Waals surface area contributed by atoms with E-state index in [0.29, 0.717) is 24.5 Å². The fourth-order valence-electron chi connectivity index (χ4n) is 4.23. The van der Waals surface area contributed by atoms with Gasteiger partial charge in [-0.2, -0.15) is 0 Å². The van der Waals surface area contributed by atoms with Crippen molar-refractivity contribution in [1.29, 1.82) is 0 Å². The molecular weight excluding hydrogens is 362 g/mol. The van der Waals surface area contributed by atoms with Crippen molar-refractivity contribution in [2.45, 2.75) is 25.8 Å². The summed E-state index contributed by atoms with van der Waals surface area (Å²) in [7, 11) is 0. The van der Waals surface area contributed by atoms with Gasteiger partial charge in [0.1, 0.15) is 5.75 Å². The maximum Gasteiger partial charge on any atom is 0.252 e. The van der Waals surface area contributed by atoms with E-state index in [2.05, 4.69) is 17.1 Å². The van der Waals surface area contributed by atoms with Gasteiger partial charge in [0, 0.05) is 37.0 Å². The van der Waals surface area contributed by atoms with Crippen LogP contribution in [0.1, 0.15) is 40.7 Å². The lowest BCUT2D eigenvalue weighted by Crippen LogP contribution is -2.23. The standard InChI is InChI=1S/C22H24F2N2O2/c1-2-7-26-11-16(19(12-26)14-4-6-20(23)21(24)8-14)13-28-17-5-3-15-10-25-22(27)18(15)9-17/h3-6,8-9,16,19H,2,7,10-13H2,1H3,(H,25,27)/t16-,19+/m1/s1. The minimum Gasteiger partial charge on any atom is -0.493 e. The van der Waals surface area contributed by atoms with Crippen molar-refractivity contribution in [2.24, 2.45) is 5.92 Å². The van der Waals surface area contributed by atoms with Crippen LogP contribution in [0, 0.1) is 17.6 Å². The van der Waals surface area contributed by atoms with Crippen LogP contribution < -0.4 is 10.1 Å². The Hall–Kier alpha value is -2.47. The third-order valence-corrected chi connectivity index (χ3v) is 5.66. The van der Waals surface area contributed by atoms with Crippen LogP contribution in [0.25, 0.3) is 0 Å². The number of amides is 1. The molecule has 0 aliphatic carbocycles. The first-order valence-corrected chi connectivity index (χ1v) is 9.76. The molecule has 2 aliphatic rings. The maximum atomic E-state index is 13.8. The van der Waals surface area contributed by atoms with Gasteiger partial charge in [-0.05, 0) is 48.4 Å². The van der Waals surface area contributed by atoms with E-state index in [1.807, 2.05) is 12.1 Å². The molecule has 28 heavy (non-hydrogen) atoms. The third kappa shape index (κ3) is 3.74. The Labute approximate surface area is 163 Å². The molecule has 0 saturated carbocycles. The van der Waals surface area contributed by atoms with Gasteiger partial charge in [0.15, 0.2) is 11.6 Å². The molecule has 6 heteroatoms. The molecule has 2 aromatic rings. The van der Waals surface area contributed by atoms with Crippen molar-refractivity contribution < 1.29 is 18.3 Å². The predicted molar refractivity (Wildman–Crippen MR) is 102 cm³/mol. The molecule has 2 aliphatic heterocycles. The Morgan fingerprint density at radius 3 is 2.79 bits per heavy atom. The number of hydrogen-bond acceptors (Lipinski definition) is 3. The fourth-order valence-corrected chi connectivity index (χ4v) is 4.23. The van der Waals surface area contributed by atoms with Crippen molar-refractivity contribution >= 4 is 5.91 Å². The quantitative estimate of drug-likeness (QED) is 0.823. The maximum absolute atomic E-state index is 13.8. The summed E-state index contributed by atoms with van der Waals surface area (Å²) in [5, 5.41) is 2.80. The first kappa shape index (κ1) is 18.9. The van der Waals surface area contributed by atoms with Crippen LogP contribution in [0.5, 0.6) is 5.75 Å². The highest BCUT2D eigenvalue weighted by Crippen LogP contribution is 2.34. The Balaban J connectivity index is 1.50. The fraction of sp³-hybridized carbons (Fsp3) is 0.409. The minimum absolute atomic E-state index is 0.0740. The minimum atomic E-state index is -0.823. The zero-order chi connectivity index (χ0) is 19.7. The SMILES string of the molecule is CCCN1C[C@H](COc2ccc3c(c2)C(=O)NC3)[C@H](c2ccc(F)c(F)c2)C1. The molecule has 1 saturated heterocycles. The van der Waals surface area contributed by atoms with E-state index in [0.717, 1.165) is 37.2 Å². The normalized spacial score (nSPS) is 21.6. The van der Waals surface area contributed by atoms with E-state index in [-0.39, 0.29) is 17.7 Å². The highest BCUT2D eigenvalue weighted by atomic mass is 19.2. The molecule has 0 radical (unpaired) electrons. The molecule has 4 rings (SSSR count). The lowest BCUT2D eigenvalue weighted by molar-refractivity contribution is 0.0965. The van der Waals surface area contributed by atoms with Crippen LogP contribution in [-0.2, 0) is 6.54 Å². The summed E-state index contributed by atoms with van der Waals surface area (Å²) in [5.41, 5.74) is 2.44. The van der Waals surface area contributed by atoms with E-state index >= 15 is 0 Å². The number of nitrogens with zero attached hydrogens (tertiary/aromatic N) is 1. The topological polar surface area (TPSA) is 41.6 Å². The Morgan fingerprint density at radius 1 is 1.14 bits per heavy atom. The molecule has 0 spiro atoms. The summed E-state index contributed by atoms with van der Waals surface area (Å²) in [5.74, 6) is -0.797. The van der Waals surface area contributed by atoms with Gasteiger partial charge in [0.05, 0.1) is 6.61 Å². The molecule has 0 unspecified atom stereocenters. The highest BCUT2D eigenvalue weighted by molar-refractivity contribution is 5.98. The lowest BCUT2D eigenvalue weighted by Gasteiger charge is -2.20.